The van der Waals surface area contributed by atoms with Crippen molar-refractivity contribution in [3.05, 3.63) is 30.3 Å². The van der Waals surface area contributed by atoms with E-state index in [9.17, 15) is 13.2 Å². The Labute approximate surface area is 97.4 Å². The van der Waals surface area contributed by atoms with Gasteiger partial charge < -0.3 is 5.32 Å². The van der Waals surface area contributed by atoms with Gasteiger partial charge >= 0.3 is 6.18 Å². The van der Waals surface area contributed by atoms with Crippen molar-refractivity contribution in [3.63, 3.8) is 0 Å². The molecule has 0 aliphatic heterocycles. The molecule has 1 unspecified atom stereocenters. The van der Waals surface area contributed by atoms with Crippen LogP contribution < -0.4 is 5.32 Å². The van der Waals surface area contributed by atoms with Crippen molar-refractivity contribution in [2.75, 3.05) is 13.1 Å². The van der Waals surface area contributed by atoms with Crippen molar-refractivity contribution in [2.45, 2.75) is 23.2 Å². The molecule has 0 saturated heterocycles. The van der Waals surface area contributed by atoms with Crippen LogP contribution in [0.4, 0.5) is 13.2 Å². The van der Waals surface area contributed by atoms with E-state index in [1.54, 1.807) is 11.8 Å². The minimum Gasteiger partial charge on any atom is -0.308 e. The molecule has 0 heterocycles. The van der Waals surface area contributed by atoms with Crippen LogP contribution in [-0.4, -0.2) is 24.5 Å². The molecule has 0 aliphatic carbocycles. The molecule has 0 spiro atoms. The quantitative estimate of drug-likeness (QED) is 0.803. The molecule has 1 nitrogen and oxygen atoms in total. The predicted octanol–water partition coefficient (Wildman–Crippen LogP) is 3.32. The first kappa shape index (κ1) is 13.4. The van der Waals surface area contributed by atoms with Crippen molar-refractivity contribution < 1.29 is 13.2 Å². The monoisotopic (exact) mass is 249 g/mol. The maximum Gasteiger partial charge on any atom is 0.401 e. The molecule has 16 heavy (non-hydrogen) atoms. The summed E-state index contributed by atoms with van der Waals surface area (Å²) < 4.78 is 35.6. The molecule has 1 aromatic rings. The van der Waals surface area contributed by atoms with Gasteiger partial charge in [-0.25, -0.2) is 0 Å². The van der Waals surface area contributed by atoms with Crippen LogP contribution in [0.1, 0.15) is 6.92 Å². The van der Waals surface area contributed by atoms with Crippen LogP contribution in [0, 0.1) is 0 Å². The van der Waals surface area contributed by atoms with Gasteiger partial charge in [-0.1, -0.05) is 25.1 Å². The van der Waals surface area contributed by atoms with Crippen molar-refractivity contribution in [1.82, 2.24) is 5.32 Å². The predicted molar refractivity (Wildman–Crippen MR) is 60.7 cm³/mol. The van der Waals surface area contributed by atoms with E-state index in [1.807, 2.05) is 37.3 Å². The molecule has 1 aromatic carbocycles. The molecule has 0 aliphatic rings. The van der Waals surface area contributed by atoms with E-state index in [2.05, 4.69) is 5.32 Å². The van der Waals surface area contributed by atoms with Gasteiger partial charge in [-0.3, -0.25) is 0 Å². The minimum atomic E-state index is -4.13. The summed E-state index contributed by atoms with van der Waals surface area (Å²) in [5.74, 6) is 0. The van der Waals surface area contributed by atoms with E-state index < -0.39 is 12.7 Å². The number of hydrogen-bond donors (Lipinski definition) is 1. The van der Waals surface area contributed by atoms with Gasteiger partial charge in [-0.05, 0) is 12.1 Å². The van der Waals surface area contributed by atoms with Crippen LogP contribution in [0.2, 0.25) is 0 Å². The van der Waals surface area contributed by atoms with E-state index in [0.29, 0.717) is 6.54 Å². The Hall–Kier alpha value is -0.680. The van der Waals surface area contributed by atoms with Crippen LogP contribution in [-0.2, 0) is 0 Å². The van der Waals surface area contributed by atoms with Crippen molar-refractivity contribution in [2.24, 2.45) is 0 Å². The second kappa shape index (κ2) is 6.15. The van der Waals surface area contributed by atoms with Crippen LogP contribution >= 0.6 is 11.8 Å². The van der Waals surface area contributed by atoms with Gasteiger partial charge in [0.25, 0.3) is 0 Å². The van der Waals surface area contributed by atoms with Crippen LogP contribution in [0.3, 0.4) is 0 Å². The second-order valence-corrected chi connectivity index (χ2v) is 5.00. The third-order valence-corrected chi connectivity index (χ3v) is 2.95. The maximum atomic E-state index is 11.9. The molecule has 0 saturated carbocycles. The molecule has 1 rings (SSSR count). The fourth-order valence-corrected chi connectivity index (χ4v) is 2.17. The molecule has 0 amide bonds. The topological polar surface area (TPSA) is 12.0 Å². The number of halogens is 3. The highest BCUT2D eigenvalue weighted by atomic mass is 32.2. The van der Waals surface area contributed by atoms with Gasteiger partial charge in [0, 0.05) is 16.7 Å². The second-order valence-electron chi connectivity index (χ2n) is 3.49. The minimum absolute atomic E-state index is 0.116. The zero-order valence-corrected chi connectivity index (χ0v) is 9.74. The highest BCUT2D eigenvalue weighted by Crippen LogP contribution is 2.22. The lowest BCUT2D eigenvalue weighted by atomic mass is 10.4. The Kier molecular flexibility index (Phi) is 5.15. The van der Waals surface area contributed by atoms with E-state index >= 15 is 0 Å². The molecule has 5 heteroatoms. The summed E-state index contributed by atoms with van der Waals surface area (Å²) in [5.41, 5.74) is 0. The number of nitrogens with one attached hydrogen (secondary N) is 1. The lowest BCUT2D eigenvalue weighted by Gasteiger charge is -2.13. The fourth-order valence-electron chi connectivity index (χ4n) is 1.19. The number of alkyl halides is 3. The highest BCUT2D eigenvalue weighted by Gasteiger charge is 2.26. The molecule has 1 N–H and O–H groups in total. The number of rotatable bonds is 5. The van der Waals surface area contributed by atoms with E-state index in [1.165, 1.54) is 0 Å². The van der Waals surface area contributed by atoms with Gasteiger partial charge in [0.15, 0.2) is 0 Å². The van der Waals surface area contributed by atoms with Gasteiger partial charge in [0.1, 0.15) is 0 Å². The van der Waals surface area contributed by atoms with Gasteiger partial charge in [-0.2, -0.15) is 13.2 Å². The Morgan fingerprint density at radius 3 is 2.44 bits per heavy atom. The first-order valence-corrected chi connectivity index (χ1v) is 5.84. The summed E-state index contributed by atoms with van der Waals surface area (Å²) in [6.45, 7) is 1.33. The van der Waals surface area contributed by atoms with Crippen molar-refractivity contribution >= 4 is 11.8 Å². The van der Waals surface area contributed by atoms with Crippen molar-refractivity contribution in [3.8, 4) is 0 Å². The number of thioether (sulfide) groups is 1. The molecule has 1 atom stereocenters. The Bertz CT molecular complexity index is 300. The first-order chi connectivity index (χ1) is 7.47. The smallest absolute Gasteiger partial charge is 0.308 e. The van der Waals surface area contributed by atoms with Crippen LogP contribution in [0.15, 0.2) is 35.2 Å². The van der Waals surface area contributed by atoms with Gasteiger partial charge in [-0.15, -0.1) is 11.8 Å². The molecule has 0 aromatic heterocycles. The van der Waals surface area contributed by atoms with Crippen LogP contribution in [0.5, 0.6) is 0 Å². The van der Waals surface area contributed by atoms with Gasteiger partial charge in [0.2, 0.25) is 0 Å². The summed E-state index contributed by atoms with van der Waals surface area (Å²) in [7, 11) is 0. The number of hydrogen-bond acceptors (Lipinski definition) is 2. The lowest BCUT2D eigenvalue weighted by molar-refractivity contribution is -0.124. The standard InChI is InChI=1S/C11H14F3NS/c1-9(7-15-8-11(12,13)14)16-10-5-3-2-4-6-10/h2-6,9,15H,7-8H2,1H3. The average Bonchev–Trinajstić information content (AvgIpc) is 2.17. The van der Waals surface area contributed by atoms with Crippen LogP contribution in [0.25, 0.3) is 0 Å². The Morgan fingerprint density at radius 2 is 1.88 bits per heavy atom. The third kappa shape index (κ3) is 6.02. The lowest BCUT2D eigenvalue weighted by Crippen LogP contribution is -2.32. The zero-order chi connectivity index (χ0) is 12.0. The summed E-state index contributed by atoms with van der Waals surface area (Å²) in [6, 6.07) is 9.64. The fraction of sp³-hybridized carbons (Fsp3) is 0.455. The Balaban J connectivity index is 2.24. The van der Waals surface area contributed by atoms with Gasteiger partial charge in [0.05, 0.1) is 6.54 Å². The molecule has 0 bridgehead atoms. The summed E-state index contributed by atoms with van der Waals surface area (Å²) >= 11 is 1.56. The van der Waals surface area contributed by atoms with E-state index in [-0.39, 0.29) is 5.25 Å². The molecular weight excluding hydrogens is 235 g/mol. The normalized spacial score (nSPS) is 13.8. The zero-order valence-electron chi connectivity index (χ0n) is 8.92. The largest absolute Gasteiger partial charge is 0.401 e. The van der Waals surface area contributed by atoms with Crippen molar-refractivity contribution in [1.29, 1.82) is 0 Å². The first-order valence-electron chi connectivity index (χ1n) is 4.96. The summed E-state index contributed by atoms with van der Waals surface area (Å²) in [4.78, 5) is 1.07. The summed E-state index contributed by atoms with van der Waals surface area (Å²) in [5, 5.41) is 2.52. The Morgan fingerprint density at radius 1 is 1.25 bits per heavy atom. The molecule has 90 valence electrons. The molecule has 0 radical (unpaired) electrons. The van der Waals surface area contributed by atoms with E-state index in [0.717, 1.165) is 4.90 Å². The molecule has 0 fully saturated rings. The molecular formula is C11H14F3NS. The SMILES string of the molecule is CC(CNCC(F)(F)F)Sc1ccccc1. The maximum absolute atomic E-state index is 11.9. The highest BCUT2D eigenvalue weighted by molar-refractivity contribution is 8.00. The van der Waals surface area contributed by atoms with E-state index in [4.69, 9.17) is 0 Å². The average molecular weight is 249 g/mol. The number of benzene rings is 1. The summed E-state index contributed by atoms with van der Waals surface area (Å²) in [6.07, 6.45) is -4.13. The third-order valence-electron chi connectivity index (χ3n) is 1.84.